The second-order valence-corrected chi connectivity index (χ2v) is 13.4. The molecule has 3 atom stereocenters. The predicted octanol–water partition coefficient (Wildman–Crippen LogP) is 0.903. The molecule has 0 saturated carbocycles. The molecule has 3 heterocycles. The van der Waals surface area contributed by atoms with Crippen LogP contribution in [0.5, 0.6) is 0 Å². The molecule has 0 radical (unpaired) electrons. The van der Waals surface area contributed by atoms with Crippen LogP contribution in [0.25, 0.3) is 0 Å². The standard InChI is InChI=1S/C25H35N5O9S2/c1-24(2,3)37-10-14(11-38-25(4,5)6)39-22(34)16-8-9-41(35)21-18(20(33)30(16)21)28-19(32)17(29-36-7)15-12-40-23(27-15)26-13-31/h8,12-14,18,21H,9-11H2,1-7H3,(H,28,32)(H,26,27,31)/t18?,21-,41?/m0/s1. The van der Waals surface area contributed by atoms with Gasteiger partial charge in [-0.2, -0.15) is 0 Å². The summed E-state index contributed by atoms with van der Waals surface area (Å²) >= 11 is 1.05. The molecule has 0 bridgehead atoms. The van der Waals surface area contributed by atoms with E-state index in [1.165, 1.54) is 18.6 Å². The first-order valence-electron chi connectivity index (χ1n) is 12.6. The summed E-state index contributed by atoms with van der Waals surface area (Å²) in [6.07, 6.45) is 1.04. The molecule has 2 aliphatic heterocycles. The summed E-state index contributed by atoms with van der Waals surface area (Å²) in [6, 6.07) is -1.20. The first-order valence-corrected chi connectivity index (χ1v) is 14.9. The Morgan fingerprint density at radius 3 is 2.41 bits per heavy atom. The second kappa shape index (κ2) is 13.2. The molecule has 226 valence electrons. The minimum atomic E-state index is -1.61. The van der Waals surface area contributed by atoms with Crippen LogP contribution in [-0.4, -0.2) is 98.8 Å². The molecule has 0 spiro atoms. The van der Waals surface area contributed by atoms with Crippen LogP contribution in [0.4, 0.5) is 5.13 Å². The van der Waals surface area contributed by atoms with Crippen molar-refractivity contribution in [2.24, 2.45) is 5.16 Å². The lowest BCUT2D eigenvalue weighted by Crippen LogP contribution is -2.73. The summed E-state index contributed by atoms with van der Waals surface area (Å²) in [7, 11) is -0.385. The highest BCUT2D eigenvalue weighted by Gasteiger charge is 2.56. The number of oxime groups is 1. The van der Waals surface area contributed by atoms with E-state index in [1.807, 2.05) is 41.5 Å². The Labute approximate surface area is 244 Å². The molecule has 16 heteroatoms. The maximum Gasteiger partial charge on any atom is 0.355 e. The Kier molecular flexibility index (Phi) is 10.4. The van der Waals surface area contributed by atoms with E-state index in [1.54, 1.807) is 0 Å². The third-order valence-corrected chi connectivity index (χ3v) is 7.80. The van der Waals surface area contributed by atoms with Crippen molar-refractivity contribution in [3.05, 3.63) is 22.8 Å². The van der Waals surface area contributed by atoms with E-state index in [2.05, 4.69) is 20.8 Å². The number of carbonyl (C=O) groups excluding carboxylic acids is 4. The monoisotopic (exact) mass is 613 g/mol. The highest BCUT2D eigenvalue weighted by molar-refractivity contribution is 7.86. The molecule has 2 N–H and O–H groups in total. The van der Waals surface area contributed by atoms with Crippen molar-refractivity contribution in [2.45, 2.75) is 70.3 Å². The summed E-state index contributed by atoms with van der Waals surface area (Å²) < 4.78 is 30.1. The van der Waals surface area contributed by atoms with Crippen molar-refractivity contribution < 1.29 is 42.4 Å². The lowest BCUT2D eigenvalue weighted by Gasteiger charge is -2.48. The van der Waals surface area contributed by atoms with Crippen LogP contribution in [0.15, 0.2) is 22.3 Å². The lowest BCUT2D eigenvalue weighted by atomic mass is 10.0. The van der Waals surface area contributed by atoms with E-state index in [-0.39, 0.29) is 41.2 Å². The molecular formula is C25H35N5O9S2. The number of anilines is 1. The molecule has 1 aromatic heterocycles. The number of aromatic nitrogens is 1. The number of hydrogen-bond donors (Lipinski definition) is 2. The zero-order chi connectivity index (χ0) is 30.5. The number of nitrogens with zero attached hydrogens (tertiary/aromatic N) is 3. The Morgan fingerprint density at radius 2 is 1.85 bits per heavy atom. The summed E-state index contributed by atoms with van der Waals surface area (Å²) in [5.41, 5.74) is -1.22. The van der Waals surface area contributed by atoms with Gasteiger partial charge in [0.15, 0.2) is 10.8 Å². The quantitative estimate of drug-likeness (QED) is 0.113. The van der Waals surface area contributed by atoms with Gasteiger partial charge in [-0.05, 0) is 47.6 Å². The van der Waals surface area contributed by atoms with Gasteiger partial charge >= 0.3 is 5.97 Å². The molecule has 2 unspecified atom stereocenters. The molecule has 1 aromatic rings. The van der Waals surface area contributed by atoms with Gasteiger partial charge in [-0.15, -0.1) is 11.3 Å². The van der Waals surface area contributed by atoms with Crippen LogP contribution >= 0.6 is 11.3 Å². The molecule has 3 amide bonds. The number of nitrogens with one attached hydrogen (secondary N) is 2. The van der Waals surface area contributed by atoms with Gasteiger partial charge < -0.3 is 29.7 Å². The Balaban J connectivity index is 1.73. The van der Waals surface area contributed by atoms with Crippen LogP contribution in [0, 0.1) is 0 Å². The topological polar surface area (TPSA) is 175 Å². The van der Waals surface area contributed by atoms with Crippen molar-refractivity contribution in [1.29, 1.82) is 0 Å². The predicted molar refractivity (Wildman–Crippen MR) is 150 cm³/mol. The molecule has 0 aliphatic carbocycles. The third-order valence-electron chi connectivity index (χ3n) is 5.51. The largest absolute Gasteiger partial charge is 0.453 e. The van der Waals surface area contributed by atoms with Gasteiger partial charge in [0.2, 0.25) is 6.41 Å². The fraction of sp³-hybridized carbons (Fsp3) is 0.600. The fourth-order valence-electron chi connectivity index (χ4n) is 3.68. The first-order chi connectivity index (χ1) is 19.1. The highest BCUT2D eigenvalue weighted by atomic mass is 32.2. The molecule has 1 fully saturated rings. The van der Waals surface area contributed by atoms with Gasteiger partial charge in [-0.1, -0.05) is 5.16 Å². The molecule has 3 rings (SSSR count). The van der Waals surface area contributed by atoms with Gasteiger partial charge in [0.1, 0.15) is 36.0 Å². The van der Waals surface area contributed by atoms with Gasteiger partial charge in [0.25, 0.3) is 11.8 Å². The van der Waals surface area contributed by atoms with Crippen LogP contribution in [-0.2, 0) is 49.0 Å². The van der Waals surface area contributed by atoms with E-state index < -0.39 is 57.3 Å². The molecule has 14 nitrogen and oxygen atoms in total. The maximum absolute atomic E-state index is 13.2. The summed E-state index contributed by atoms with van der Waals surface area (Å²) in [4.78, 5) is 60.0. The van der Waals surface area contributed by atoms with Crippen LogP contribution in [0.2, 0.25) is 0 Å². The molecule has 1 saturated heterocycles. The van der Waals surface area contributed by atoms with Crippen molar-refractivity contribution in [2.75, 3.05) is 31.4 Å². The van der Waals surface area contributed by atoms with Crippen molar-refractivity contribution in [3.63, 3.8) is 0 Å². The van der Waals surface area contributed by atoms with Gasteiger partial charge in [0.05, 0.1) is 35.2 Å². The zero-order valence-electron chi connectivity index (χ0n) is 23.9. The van der Waals surface area contributed by atoms with Crippen LogP contribution in [0.1, 0.15) is 47.2 Å². The number of thiazole rings is 1. The van der Waals surface area contributed by atoms with Crippen LogP contribution in [0.3, 0.4) is 0 Å². The van der Waals surface area contributed by atoms with Crippen molar-refractivity contribution >= 4 is 57.2 Å². The molecule has 2 aliphatic rings. The Bertz CT molecular complexity index is 1230. The summed E-state index contributed by atoms with van der Waals surface area (Å²) in [5.74, 6) is -2.30. The minimum Gasteiger partial charge on any atom is -0.453 e. The van der Waals surface area contributed by atoms with E-state index in [9.17, 15) is 23.4 Å². The third kappa shape index (κ3) is 8.40. The first kappa shape index (κ1) is 32.3. The average Bonchev–Trinajstić information content (AvgIpc) is 3.34. The zero-order valence-corrected chi connectivity index (χ0v) is 25.6. The number of fused-ring (bicyclic) bond motifs is 1. The molecule has 41 heavy (non-hydrogen) atoms. The van der Waals surface area contributed by atoms with Crippen LogP contribution < -0.4 is 10.6 Å². The number of ether oxygens (including phenoxy) is 3. The molecular weight excluding hydrogens is 578 g/mol. The Morgan fingerprint density at radius 1 is 1.22 bits per heavy atom. The minimum absolute atomic E-state index is 0.0290. The van der Waals surface area contributed by atoms with Gasteiger partial charge in [0, 0.05) is 11.1 Å². The number of rotatable bonds is 12. The highest BCUT2D eigenvalue weighted by Crippen LogP contribution is 2.33. The summed E-state index contributed by atoms with van der Waals surface area (Å²) in [6.45, 7) is 11.3. The number of hydrogen-bond acceptors (Lipinski definition) is 12. The van der Waals surface area contributed by atoms with Crippen molar-refractivity contribution in [3.8, 4) is 0 Å². The Hall–Kier alpha value is -3.21. The fourth-order valence-corrected chi connectivity index (χ4v) is 5.80. The SMILES string of the molecule is CON=C(C(=O)NC1C(=O)N2C(C(=O)OC(COC(C)(C)C)COC(C)(C)C)=CCS(=O)[C@@H]12)c1csc(NC=O)n1. The van der Waals surface area contributed by atoms with Gasteiger partial charge in [-0.25, -0.2) is 9.78 Å². The van der Waals surface area contributed by atoms with Crippen molar-refractivity contribution in [1.82, 2.24) is 15.2 Å². The summed E-state index contributed by atoms with van der Waals surface area (Å²) in [5, 5.41) is 9.27. The number of carbonyl (C=O) groups is 4. The van der Waals surface area contributed by atoms with E-state index in [0.29, 0.717) is 6.41 Å². The normalized spacial score (nSPS) is 21.0. The van der Waals surface area contributed by atoms with Gasteiger partial charge in [-0.3, -0.25) is 23.5 Å². The number of β-lactam (4-membered cyclic amide) rings is 1. The second-order valence-electron chi connectivity index (χ2n) is 11.0. The lowest BCUT2D eigenvalue weighted by molar-refractivity contribution is -0.165. The molecule has 0 aromatic carbocycles. The smallest absolute Gasteiger partial charge is 0.355 e. The van der Waals surface area contributed by atoms with E-state index in [4.69, 9.17) is 19.0 Å². The maximum atomic E-state index is 13.2. The van der Waals surface area contributed by atoms with E-state index in [0.717, 1.165) is 16.2 Å². The average molecular weight is 614 g/mol. The number of esters is 1. The number of amides is 3. The van der Waals surface area contributed by atoms with E-state index >= 15 is 0 Å².